The topological polar surface area (TPSA) is 51.8 Å². The quantitative estimate of drug-likeness (QED) is 0.862. The molecule has 0 unspecified atom stereocenters. The Kier molecular flexibility index (Phi) is 4.33. The van der Waals surface area contributed by atoms with Crippen LogP contribution in [0.15, 0.2) is 35.2 Å². The van der Waals surface area contributed by atoms with E-state index in [1.54, 1.807) is 0 Å². The lowest BCUT2D eigenvalue weighted by atomic mass is 9.92. The summed E-state index contributed by atoms with van der Waals surface area (Å²) in [5.74, 6) is 2.29. The van der Waals surface area contributed by atoms with Gasteiger partial charge in [-0.25, -0.2) is 9.97 Å². The van der Waals surface area contributed by atoms with Gasteiger partial charge in [0.1, 0.15) is 5.82 Å². The summed E-state index contributed by atoms with van der Waals surface area (Å²) in [5.41, 5.74) is 7.85. The number of thioether (sulfide) groups is 1. The standard InChI is InChI=1S/C16H21N3S/c1-5-20-12-8-6-11(7-9-12)15-18-13(16(2,3)4)10-14(17)19-15/h6-10H,5H2,1-4H3,(H2,17,18,19). The third kappa shape index (κ3) is 3.51. The van der Waals surface area contributed by atoms with Crippen LogP contribution >= 0.6 is 11.8 Å². The fraction of sp³-hybridized carbons (Fsp3) is 0.375. The number of rotatable bonds is 3. The number of hydrogen-bond acceptors (Lipinski definition) is 4. The van der Waals surface area contributed by atoms with Gasteiger partial charge in [0.2, 0.25) is 0 Å². The number of anilines is 1. The van der Waals surface area contributed by atoms with Gasteiger partial charge in [-0.1, -0.05) is 39.8 Å². The molecule has 0 atom stereocenters. The van der Waals surface area contributed by atoms with Crippen LogP contribution < -0.4 is 5.73 Å². The molecule has 0 aliphatic heterocycles. The van der Waals surface area contributed by atoms with Crippen LogP contribution in [0.5, 0.6) is 0 Å². The molecule has 0 saturated heterocycles. The molecular formula is C16H21N3S. The highest BCUT2D eigenvalue weighted by molar-refractivity contribution is 7.99. The number of benzene rings is 1. The molecule has 0 amide bonds. The lowest BCUT2D eigenvalue weighted by molar-refractivity contribution is 0.568. The molecule has 20 heavy (non-hydrogen) atoms. The number of nitrogens with two attached hydrogens (primary N) is 1. The third-order valence-electron chi connectivity index (χ3n) is 2.94. The first kappa shape index (κ1) is 14.9. The maximum Gasteiger partial charge on any atom is 0.161 e. The van der Waals surface area contributed by atoms with E-state index in [0.29, 0.717) is 11.6 Å². The SMILES string of the molecule is CCSc1ccc(-c2nc(N)cc(C(C)(C)C)n2)cc1. The Morgan fingerprint density at radius 2 is 1.75 bits per heavy atom. The maximum absolute atomic E-state index is 5.92. The van der Waals surface area contributed by atoms with Crippen LogP contribution in [-0.2, 0) is 5.41 Å². The van der Waals surface area contributed by atoms with Gasteiger partial charge in [-0.3, -0.25) is 0 Å². The molecule has 106 valence electrons. The Hall–Kier alpha value is -1.55. The van der Waals surface area contributed by atoms with Gasteiger partial charge in [0.15, 0.2) is 5.82 Å². The summed E-state index contributed by atoms with van der Waals surface area (Å²) in [5, 5.41) is 0. The second kappa shape index (κ2) is 5.83. The molecule has 1 aromatic heterocycles. The number of nitrogen functional groups attached to an aromatic ring is 1. The van der Waals surface area contributed by atoms with E-state index in [0.717, 1.165) is 17.0 Å². The number of nitrogens with zero attached hydrogens (tertiary/aromatic N) is 2. The highest BCUT2D eigenvalue weighted by Crippen LogP contribution is 2.26. The molecule has 0 aliphatic carbocycles. The average molecular weight is 287 g/mol. The molecule has 0 radical (unpaired) electrons. The summed E-state index contributed by atoms with van der Waals surface area (Å²) in [6.45, 7) is 8.52. The van der Waals surface area contributed by atoms with Gasteiger partial charge in [-0.2, -0.15) is 0 Å². The third-order valence-corrected chi connectivity index (χ3v) is 3.83. The van der Waals surface area contributed by atoms with Gasteiger partial charge in [0.05, 0.1) is 5.69 Å². The minimum atomic E-state index is -0.0379. The zero-order valence-electron chi connectivity index (χ0n) is 12.5. The number of aromatic nitrogens is 2. The van der Waals surface area contributed by atoms with Crippen molar-refractivity contribution >= 4 is 17.6 Å². The van der Waals surface area contributed by atoms with Gasteiger partial charge in [-0.05, 0) is 17.9 Å². The zero-order chi connectivity index (χ0) is 14.8. The first-order chi connectivity index (χ1) is 9.40. The molecule has 0 saturated carbocycles. The van der Waals surface area contributed by atoms with E-state index >= 15 is 0 Å². The smallest absolute Gasteiger partial charge is 0.161 e. The van der Waals surface area contributed by atoms with Crippen molar-refractivity contribution in [3.05, 3.63) is 36.0 Å². The van der Waals surface area contributed by atoms with Crippen molar-refractivity contribution < 1.29 is 0 Å². The van der Waals surface area contributed by atoms with Crippen molar-refractivity contribution in [1.82, 2.24) is 9.97 Å². The van der Waals surface area contributed by atoms with E-state index in [1.165, 1.54) is 4.90 Å². The lowest BCUT2D eigenvalue weighted by Crippen LogP contribution is -2.15. The van der Waals surface area contributed by atoms with Crippen molar-refractivity contribution in [3.8, 4) is 11.4 Å². The molecule has 1 heterocycles. The zero-order valence-corrected chi connectivity index (χ0v) is 13.3. The Morgan fingerprint density at radius 3 is 2.30 bits per heavy atom. The summed E-state index contributed by atoms with van der Waals surface area (Å²) in [4.78, 5) is 10.3. The Balaban J connectivity index is 2.39. The lowest BCUT2D eigenvalue weighted by Gasteiger charge is -2.18. The van der Waals surface area contributed by atoms with E-state index in [4.69, 9.17) is 5.73 Å². The molecule has 2 N–H and O–H groups in total. The maximum atomic E-state index is 5.92. The van der Waals surface area contributed by atoms with Crippen molar-refractivity contribution in [2.24, 2.45) is 0 Å². The van der Waals surface area contributed by atoms with E-state index in [2.05, 4.69) is 61.9 Å². The average Bonchev–Trinajstić information content (AvgIpc) is 2.38. The molecule has 1 aromatic carbocycles. The highest BCUT2D eigenvalue weighted by Gasteiger charge is 2.17. The predicted molar refractivity (Wildman–Crippen MR) is 87.0 cm³/mol. The highest BCUT2D eigenvalue weighted by atomic mass is 32.2. The van der Waals surface area contributed by atoms with Crippen molar-refractivity contribution in [3.63, 3.8) is 0 Å². The van der Waals surface area contributed by atoms with Crippen molar-refractivity contribution in [2.75, 3.05) is 11.5 Å². The summed E-state index contributed by atoms with van der Waals surface area (Å²) >= 11 is 1.82. The van der Waals surface area contributed by atoms with Crippen LogP contribution in [0.2, 0.25) is 0 Å². The Morgan fingerprint density at radius 1 is 1.10 bits per heavy atom. The summed E-state index contributed by atoms with van der Waals surface area (Å²) < 4.78 is 0. The molecular weight excluding hydrogens is 266 g/mol. The molecule has 3 nitrogen and oxygen atoms in total. The molecule has 0 aliphatic rings. The van der Waals surface area contributed by atoms with Gasteiger partial charge in [0.25, 0.3) is 0 Å². The van der Waals surface area contributed by atoms with Crippen LogP contribution in [0, 0.1) is 0 Å². The van der Waals surface area contributed by atoms with Crippen LogP contribution in [-0.4, -0.2) is 15.7 Å². The largest absolute Gasteiger partial charge is 0.384 e. The minimum absolute atomic E-state index is 0.0379. The van der Waals surface area contributed by atoms with E-state index < -0.39 is 0 Å². The van der Waals surface area contributed by atoms with Gasteiger partial charge in [0, 0.05) is 21.9 Å². The molecule has 0 bridgehead atoms. The second-order valence-electron chi connectivity index (χ2n) is 5.71. The fourth-order valence-electron chi connectivity index (χ4n) is 1.85. The number of hydrogen-bond donors (Lipinski definition) is 1. The Bertz CT molecular complexity index is 586. The van der Waals surface area contributed by atoms with E-state index in [1.807, 2.05) is 17.8 Å². The predicted octanol–water partition coefficient (Wildman–Crippen LogP) is 4.14. The summed E-state index contributed by atoms with van der Waals surface area (Å²) in [7, 11) is 0. The van der Waals surface area contributed by atoms with Gasteiger partial charge < -0.3 is 5.73 Å². The van der Waals surface area contributed by atoms with Crippen LogP contribution in [0.1, 0.15) is 33.4 Å². The van der Waals surface area contributed by atoms with Crippen molar-refractivity contribution in [2.45, 2.75) is 38.0 Å². The van der Waals surface area contributed by atoms with Gasteiger partial charge >= 0.3 is 0 Å². The van der Waals surface area contributed by atoms with E-state index in [9.17, 15) is 0 Å². The van der Waals surface area contributed by atoms with E-state index in [-0.39, 0.29) is 5.41 Å². The monoisotopic (exact) mass is 287 g/mol. The van der Waals surface area contributed by atoms with Crippen LogP contribution in [0.4, 0.5) is 5.82 Å². The fourth-order valence-corrected chi connectivity index (χ4v) is 2.51. The second-order valence-corrected chi connectivity index (χ2v) is 7.05. The van der Waals surface area contributed by atoms with Gasteiger partial charge in [-0.15, -0.1) is 11.8 Å². The molecule has 4 heteroatoms. The van der Waals surface area contributed by atoms with Crippen molar-refractivity contribution in [1.29, 1.82) is 0 Å². The minimum Gasteiger partial charge on any atom is -0.384 e. The molecule has 0 spiro atoms. The molecule has 0 fully saturated rings. The molecule has 2 rings (SSSR count). The molecule has 2 aromatic rings. The first-order valence-corrected chi connectivity index (χ1v) is 7.77. The van der Waals surface area contributed by atoms with Crippen LogP contribution in [0.3, 0.4) is 0 Å². The Labute approximate surface area is 125 Å². The summed E-state index contributed by atoms with van der Waals surface area (Å²) in [6.07, 6.45) is 0. The first-order valence-electron chi connectivity index (χ1n) is 6.78. The summed E-state index contributed by atoms with van der Waals surface area (Å²) in [6, 6.07) is 10.2. The normalized spacial score (nSPS) is 11.6. The van der Waals surface area contributed by atoms with Crippen LogP contribution in [0.25, 0.3) is 11.4 Å².